The smallest absolute Gasteiger partial charge is 0.340 e. The number of para-hydroxylation sites is 1. The third kappa shape index (κ3) is 4.73. The van der Waals surface area contributed by atoms with E-state index in [2.05, 4.69) is 5.32 Å². The molecule has 3 N–H and O–H groups in total. The molecule has 0 aliphatic carbocycles. The Morgan fingerprint density at radius 2 is 1.73 bits per heavy atom. The summed E-state index contributed by atoms with van der Waals surface area (Å²) in [5, 5.41) is 13.6. The van der Waals surface area contributed by atoms with Crippen molar-refractivity contribution in [2.45, 2.75) is 0 Å². The van der Waals surface area contributed by atoms with Crippen molar-refractivity contribution in [2.75, 3.05) is 30.4 Å². The second-order valence-corrected chi connectivity index (χ2v) is 5.04. The van der Waals surface area contributed by atoms with Crippen LogP contribution in [0.5, 0.6) is 0 Å². The number of rotatable bonds is 7. The number of nitrogens with one attached hydrogen (secondary N) is 2. The highest BCUT2D eigenvalue weighted by atomic mass is 19.2. The van der Waals surface area contributed by atoms with Crippen LogP contribution in [0, 0.1) is 17.5 Å². The van der Waals surface area contributed by atoms with Crippen molar-refractivity contribution in [1.82, 2.24) is 0 Å². The fourth-order valence-corrected chi connectivity index (χ4v) is 2.02. The number of carbonyl (C=O) groups is 2. The minimum Gasteiger partial charge on any atom is -0.452 e. The molecule has 1 amide bonds. The third-order valence-electron chi connectivity index (χ3n) is 3.22. The second-order valence-electron chi connectivity index (χ2n) is 5.04. The molecule has 0 aliphatic heterocycles. The normalized spacial score (nSPS) is 10.3. The SMILES string of the molecule is O=C(COC(=O)c1ccccc1NCCO)Nc1ccc(F)c(F)c1F. The maximum atomic E-state index is 13.5. The van der Waals surface area contributed by atoms with Crippen LogP contribution in [0.15, 0.2) is 36.4 Å². The molecule has 0 aromatic heterocycles. The zero-order valence-corrected chi connectivity index (χ0v) is 13.4. The molecule has 0 aliphatic rings. The molecule has 2 aromatic rings. The van der Waals surface area contributed by atoms with Crippen LogP contribution in [0.2, 0.25) is 0 Å². The van der Waals surface area contributed by atoms with Gasteiger partial charge < -0.3 is 20.5 Å². The zero-order chi connectivity index (χ0) is 19.1. The fourth-order valence-electron chi connectivity index (χ4n) is 2.02. The molecule has 0 saturated carbocycles. The summed E-state index contributed by atoms with van der Waals surface area (Å²) in [6, 6.07) is 7.79. The van der Waals surface area contributed by atoms with Gasteiger partial charge in [0.25, 0.3) is 5.91 Å². The number of carbonyl (C=O) groups excluding carboxylic acids is 2. The first-order chi connectivity index (χ1) is 12.4. The van der Waals surface area contributed by atoms with Crippen molar-refractivity contribution in [2.24, 2.45) is 0 Å². The quantitative estimate of drug-likeness (QED) is 0.516. The first-order valence-electron chi connectivity index (χ1n) is 7.48. The molecule has 6 nitrogen and oxygen atoms in total. The highest BCUT2D eigenvalue weighted by Crippen LogP contribution is 2.20. The van der Waals surface area contributed by atoms with Gasteiger partial charge in [-0.1, -0.05) is 12.1 Å². The number of halogens is 3. The van der Waals surface area contributed by atoms with Gasteiger partial charge in [0.15, 0.2) is 24.1 Å². The summed E-state index contributed by atoms with van der Waals surface area (Å²) in [5.41, 5.74) is -0.0404. The van der Waals surface area contributed by atoms with Gasteiger partial charge in [0, 0.05) is 12.2 Å². The molecule has 0 spiro atoms. The molecule has 2 aromatic carbocycles. The Labute approximate surface area is 146 Å². The molecular formula is C17H15F3N2O4. The Morgan fingerprint density at radius 3 is 2.46 bits per heavy atom. The maximum Gasteiger partial charge on any atom is 0.340 e. The number of amides is 1. The molecule has 0 radical (unpaired) electrons. The van der Waals surface area contributed by atoms with Crippen LogP contribution in [0.1, 0.15) is 10.4 Å². The van der Waals surface area contributed by atoms with Crippen LogP contribution in [0.25, 0.3) is 0 Å². The molecule has 138 valence electrons. The minimum absolute atomic E-state index is 0.132. The van der Waals surface area contributed by atoms with E-state index in [4.69, 9.17) is 9.84 Å². The number of benzene rings is 2. The van der Waals surface area contributed by atoms with Gasteiger partial charge in [-0.25, -0.2) is 18.0 Å². The molecule has 0 bridgehead atoms. The minimum atomic E-state index is -1.72. The standard InChI is InChI=1S/C17H15F3N2O4/c18-11-5-6-13(16(20)15(11)19)22-14(24)9-26-17(25)10-3-1-2-4-12(10)21-7-8-23/h1-6,21,23H,7-9H2,(H,22,24). The van der Waals surface area contributed by atoms with Crippen molar-refractivity contribution in [3.8, 4) is 0 Å². The summed E-state index contributed by atoms with van der Waals surface area (Å²) in [5.74, 6) is -6.41. The van der Waals surface area contributed by atoms with Gasteiger partial charge in [-0.2, -0.15) is 0 Å². The lowest BCUT2D eigenvalue weighted by Crippen LogP contribution is -2.22. The van der Waals surface area contributed by atoms with E-state index in [1.807, 2.05) is 5.32 Å². The van der Waals surface area contributed by atoms with E-state index >= 15 is 0 Å². The number of hydrogen-bond donors (Lipinski definition) is 3. The topological polar surface area (TPSA) is 87.7 Å². The number of aliphatic hydroxyl groups is 1. The van der Waals surface area contributed by atoms with Crippen LogP contribution >= 0.6 is 0 Å². The Kier molecular flexibility index (Phi) is 6.56. The highest BCUT2D eigenvalue weighted by molar-refractivity contribution is 5.98. The summed E-state index contributed by atoms with van der Waals surface area (Å²) >= 11 is 0. The van der Waals surface area contributed by atoms with Gasteiger partial charge >= 0.3 is 5.97 Å². The van der Waals surface area contributed by atoms with Crippen molar-refractivity contribution in [1.29, 1.82) is 0 Å². The summed E-state index contributed by atoms with van der Waals surface area (Å²) in [6.07, 6.45) is 0. The van der Waals surface area contributed by atoms with Crippen molar-refractivity contribution in [3.05, 3.63) is 59.4 Å². The summed E-state index contributed by atoms with van der Waals surface area (Å²) in [4.78, 5) is 23.8. The second kappa shape index (κ2) is 8.86. The van der Waals surface area contributed by atoms with Gasteiger partial charge in [0.2, 0.25) is 0 Å². The van der Waals surface area contributed by atoms with Gasteiger partial charge in [-0.05, 0) is 24.3 Å². The zero-order valence-electron chi connectivity index (χ0n) is 13.4. The number of ether oxygens (including phenoxy) is 1. The molecule has 0 heterocycles. The molecule has 26 heavy (non-hydrogen) atoms. The van der Waals surface area contributed by atoms with Crippen molar-refractivity contribution >= 4 is 23.3 Å². The Hall–Kier alpha value is -3.07. The summed E-state index contributed by atoms with van der Waals surface area (Å²) in [7, 11) is 0. The van der Waals surface area contributed by atoms with E-state index in [9.17, 15) is 22.8 Å². The maximum absolute atomic E-state index is 13.5. The average Bonchev–Trinajstić information content (AvgIpc) is 2.65. The molecule has 0 unspecified atom stereocenters. The third-order valence-corrected chi connectivity index (χ3v) is 3.22. The first-order valence-corrected chi connectivity index (χ1v) is 7.48. The predicted molar refractivity (Wildman–Crippen MR) is 87.2 cm³/mol. The van der Waals surface area contributed by atoms with Crippen molar-refractivity contribution < 1.29 is 32.6 Å². The molecule has 0 fully saturated rings. The van der Waals surface area contributed by atoms with Gasteiger partial charge in [-0.15, -0.1) is 0 Å². The van der Waals surface area contributed by atoms with E-state index in [1.165, 1.54) is 6.07 Å². The number of aliphatic hydroxyl groups excluding tert-OH is 1. The molecule has 9 heteroatoms. The molecule has 2 rings (SSSR count). The summed E-state index contributed by atoms with van der Waals surface area (Å²) < 4.78 is 44.3. The number of esters is 1. The fraction of sp³-hybridized carbons (Fsp3) is 0.176. The highest BCUT2D eigenvalue weighted by Gasteiger charge is 2.17. The monoisotopic (exact) mass is 368 g/mol. The Balaban J connectivity index is 1.97. The van der Waals surface area contributed by atoms with Crippen LogP contribution in [-0.2, 0) is 9.53 Å². The van der Waals surface area contributed by atoms with Crippen molar-refractivity contribution in [3.63, 3.8) is 0 Å². The Morgan fingerprint density at radius 1 is 1.00 bits per heavy atom. The lowest BCUT2D eigenvalue weighted by atomic mass is 10.2. The molecule has 0 saturated heterocycles. The van der Waals surface area contributed by atoms with E-state index < -0.39 is 41.6 Å². The van der Waals surface area contributed by atoms with E-state index in [0.717, 1.165) is 6.07 Å². The Bertz CT molecular complexity index is 815. The van der Waals surface area contributed by atoms with E-state index in [1.54, 1.807) is 18.2 Å². The largest absolute Gasteiger partial charge is 0.452 e. The molecule has 0 atom stereocenters. The van der Waals surface area contributed by atoms with Crippen LogP contribution in [-0.4, -0.2) is 36.7 Å². The van der Waals surface area contributed by atoms with Crippen LogP contribution in [0.4, 0.5) is 24.5 Å². The first kappa shape index (κ1) is 19.3. The van der Waals surface area contributed by atoms with Gasteiger partial charge in [0.1, 0.15) is 0 Å². The lowest BCUT2D eigenvalue weighted by Gasteiger charge is -2.11. The predicted octanol–water partition coefficient (Wildman–Crippen LogP) is 2.30. The van der Waals surface area contributed by atoms with E-state index in [-0.39, 0.29) is 18.7 Å². The van der Waals surface area contributed by atoms with Crippen LogP contribution in [0.3, 0.4) is 0 Å². The van der Waals surface area contributed by atoms with Gasteiger partial charge in [-0.3, -0.25) is 4.79 Å². The number of anilines is 2. The van der Waals surface area contributed by atoms with E-state index in [0.29, 0.717) is 11.8 Å². The number of hydrogen-bond acceptors (Lipinski definition) is 5. The average molecular weight is 368 g/mol. The van der Waals surface area contributed by atoms with Gasteiger partial charge in [0.05, 0.1) is 17.9 Å². The lowest BCUT2D eigenvalue weighted by molar-refractivity contribution is -0.119. The molecular weight excluding hydrogens is 353 g/mol. The summed E-state index contributed by atoms with van der Waals surface area (Å²) in [6.45, 7) is -0.697. The van der Waals surface area contributed by atoms with Crippen LogP contribution < -0.4 is 10.6 Å².